The minimum atomic E-state index is -0.278. The van der Waals surface area contributed by atoms with Crippen molar-refractivity contribution in [2.75, 3.05) is 6.54 Å². The summed E-state index contributed by atoms with van der Waals surface area (Å²) in [5.74, 6) is 1.39. The molecule has 2 rings (SSSR count). The van der Waals surface area contributed by atoms with E-state index in [-0.39, 0.29) is 36.8 Å². The topological polar surface area (TPSA) is 87.8 Å². The van der Waals surface area contributed by atoms with Crippen LogP contribution in [0.25, 0.3) is 0 Å². The lowest BCUT2D eigenvalue weighted by Crippen LogP contribution is -2.21. The van der Waals surface area contributed by atoms with Crippen LogP contribution in [0.4, 0.5) is 0 Å². The summed E-state index contributed by atoms with van der Waals surface area (Å²) in [7, 11) is 0. The van der Waals surface area contributed by atoms with Crippen LogP contribution in [0.5, 0.6) is 0 Å². The van der Waals surface area contributed by atoms with E-state index in [4.69, 9.17) is 5.73 Å². The van der Waals surface area contributed by atoms with E-state index in [1.807, 2.05) is 0 Å². The van der Waals surface area contributed by atoms with E-state index in [0.717, 1.165) is 18.7 Å². The smallest absolute Gasteiger partial charge is 0.137 e. The van der Waals surface area contributed by atoms with Gasteiger partial charge in [0.2, 0.25) is 0 Å². The van der Waals surface area contributed by atoms with Crippen molar-refractivity contribution < 1.29 is 5.11 Å². The number of nitrogens with two attached hydrogens (primary N) is 1. The second kappa shape index (κ2) is 6.27. The number of nitrogens with zero attached hydrogens (tertiary/aromatic N) is 2. The van der Waals surface area contributed by atoms with Crippen LogP contribution >= 0.6 is 24.8 Å². The molecule has 88 valence electrons. The molecule has 0 aromatic carbocycles. The molecule has 0 spiro atoms. The fourth-order valence-electron chi connectivity index (χ4n) is 1.99. The molecule has 1 aliphatic carbocycles. The van der Waals surface area contributed by atoms with Crippen molar-refractivity contribution in [3.8, 4) is 0 Å². The summed E-state index contributed by atoms with van der Waals surface area (Å²) in [4.78, 5) is 4.08. The molecule has 1 saturated carbocycles. The lowest BCUT2D eigenvalue weighted by Gasteiger charge is -2.09. The third-order valence-electron chi connectivity index (χ3n) is 2.78. The molecule has 0 amide bonds. The highest BCUT2D eigenvalue weighted by Crippen LogP contribution is 2.36. The maximum absolute atomic E-state index is 9.62. The van der Waals surface area contributed by atoms with Crippen LogP contribution in [0.1, 0.15) is 24.6 Å². The number of hydrogen-bond acceptors (Lipinski definition) is 4. The molecular weight excluding hydrogens is 239 g/mol. The zero-order chi connectivity index (χ0) is 9.26. The van der Waals surface area contributed by atoms with Gasteiger partial charge in [0, 0.05) is 5.92 Å². The van der Waals surface area contributed by atoms with E-state index in [1.54, 1.807) is 0 Å². The average molecular weight is 255 g/mol. The lowest BCUT2D eigenvalue weighted by molar-refractivity contribution is 0.136. The van der Waals surface area contributed by atoms with Gasteiger partial charge in [-0.1, -0.05) is 0 Å². The van der Waals surface area contributed by atoms with E-state index in [2.05, 4.69) is 15.2 Å². The van der Waals surface area contributed by atoms with E-state index >= 15 is 0 Å². The number of aliphatic hydroxyl groups excluding tert-OH is 1. The van der Waals surface area contributed by atoms with Gasteiger partial charge < -0.3 is 10.8 Å². The molecule has 1 aromatic heterocycles. The monoisotopic (exact) mass is 254 g/mol. The van der Waals surface area contributed by atoms with Gasteiger partial charge in [0.15, 0.2) is 0 Å². The molecule has 1 aromatic rings. The molecule has 0 radical (unpaired) electrons. The second-order valence-electron chi connectivity index (χ2n) is 3.60. The minimum Gasteiger partial charge on any atom is -0.393 e. The Labute approximate surface area is 101 Å². The van der Waals surface area contributed by atoms with E-state index < -0.39 is 0 Å². The van der Waals surface area contributed by atoms with Gasteiger partial charge in [-0.2, -0.15) is 5.10 Å². The Hall–Kier alpha value is -0.360. The third kappa shape index (κ3) is 3.04. The highest BCUT2D eigenvalue weighted by molar-refractivity contribution is 5.85. The molecule has 1 fully saturated rings. The van der Waals surface area contributed by atoms with Crippen LogP contribution in [0, 0.1) is 5.92 Å². The lowest BCUT2D eigenvalue weighted by atomic mass is 10.0. The average Bonchev–Trinajstić information content (AvgIpc) is 2.71. The molecule has 15 heavy (non-hydrogen) atoms. The summed E-state index contributed by atoms with van der Waals surface area (Å²) in [6.45, 7) is 0.547. The van der Waals surface area contributed by atoms with Crippen molar-refractivity contribution in [3.63, 3.8) is 0 Å². The van der Waals surface area contributed by atoms with E-state index in [1.165, 1.54) is 6.33 Å². The number of nitrogens with one attached hydrogen (secondary N) is 1. The number of rotatable bonds is 2. The van der Waals surface area contributed by atoms with Gasteiger partial charge in [0.1, 0.15) is 12.2 Å². The summed E-state index contributed by atoms with van der Waals surface area (Å²) in [5, 5.41) is 16.2. The number of aromatic amines is 1. The predicted molar refractivity (Wildman–Crippen MR) is 61.4 cm³/mol. The van der Waals surface area contributed by atoms with Crippen molar-refractivity contribution in [2.45, 2.75) is 24.9 Å². The molecule has 5 nitrogen and oxygen atoms in total. The molecule has 7 heteroatoms. The Bertz CT molecular complexity index is 270. The number of hydrogen-bond donors (Lipinski definition) is 3. The van der Waals surface area contributed by atoms with Crippen molar-refractivity contribution in [1.29, 1.82) is 0 Å². The Kier molecular flexibility index (Phi) is 6.12. The highest BCUT2D eigenvalue weighted by atomic mass is 35.5. The molecule has 0 unspecified atom stereocenters. The number of aromatic nitrogens is 3. The van der Waals surface area contributed by atoms with Gasteiger partial charge in [-0.3, -0.25) is 5.10 Å². The minimum absolute atomic E-state index is 0. The standard InChI is InChI=1S/C8H14N4O.2ClH/c9-3-6-1-5(2-7(6)13)8-10-4-11-12-8;;/h4-7,13H,1-3,9H2,(H,10,11,12);2*1H/t5-,6+,7+;;/m0../s1. The number of halogens is 2. The molecule has 4 N–H and O–H groups in total. The first-order valence-corrected chi connectivity index (χ1v) is 4.54. The van der Waals surface area contributed by atoms with Gasteiger partial charge in [-0.25, -0.2) is 4.98 Å². The van der Waals surface area contributed by atoms with Gasteiger partial charge in [-0.05, 0) is 25.3 Å². The fourth-order valence-corrected chi connectivity index (χ4v) is 1.99. The van der Waals surface area contributed by atoms with Crippen LogP contribution in [0.3, 0.4) is 0 Å². The Morgan fingerprint density at radius 1 is 1.47 bits per heavy atom. The van der Waals surface area contributed by atoms with Gasteiger partial charge >= 0.3 is 0 Å². The van der Waals surface area contributed by atoms with Crippen LogP contribution in [0.15, 0.2) is 6.33 Å². The largest absolute Gasteiger partial charge is 0.393 e. The van der Waals surface area contributed by atoms with Crippen molar-refractivity contribution in [1.82, 2.24) is 15.2 Å². The van der Waals surface area contributed by atoms with Crippen LogP contribution in [0.2, 0.25) is 0 Å². The zero-order valence-corrected chi connectivity index (χ0v) is 9.80. The molecular formula is C8H16Cl2N4O. The van der Waals surface area contributed by atoms with E-state index in [9.17, 15) is 5.11 Å². The summed E-state index contributed by atoms with van der Waals surface area (Å²) >= 11 is 0. The normalized spacial score (nSPS) is 29.3. The molecule has 0 aliphatic heterocycles. The Morgan fingerprint density at radius 2 is 2.20 bits per heavy atom. The van der Waals surface area contributed by atoms with Crippen molar-refractivity contribution >= 4 is 24.8 Å². The first-order chi connectivity index (χ1) is 6.31. The molecule has 0 saturated heterocycles. The maximum atomic E-state index is 9.62. The van der Waals surface area contributed by atoms with Gasteiger partial charge in [0.25, 0.3) is 0 Å². The van der Waals surface area contributed by atoms with Gasteiger partial charge in [-0.15, -0.1) is 24.8 Å². The van der Waals surface area contributed by atoms with Crippen LogP contribution < -0.4 is 5.73 Å². The second-order valence-corrected chi connectivity index (χ2v) is 3.60. The van der Waals surface area contributed by atoms with Crippen molar-refractivity contribution in [3.05, 3.63) is 12.2 Å². The highest BCUT2D eigenvalue weighted by Gasteiger charge is 2.34. The molecule has 0 bridgehead atoms. The van der Waals surface area contributed by atoms with Crippen LogP contribution in [-0.4, -0.2) is 32.9 Å². The summed E-state index contributed by atoms with van der Waals surface area (Å²) in [6.07, 6.45) is 2.88. The molecule has 1 heterocycles. The van der Waals surface area contributed by atoms with E-state index in [0.29, 0.717) is 12.5 Å². The maximum Gasteiger partial charge on any atom is 0.137 e. The Balaban J connectivity index is 0.000000980. The number of aliphatic hydroxyl groups is 1. The fraction of sp³-hybridized carbons (Fsp3) is 0.750. The molecule has 3 atom stereocenters. The predicted octanol–water partition coefficient (Wildman–Crippen LogP) is 0.461. The van der Waals surface area contributed by atoms with Crippen LogP contribution in [-0.2, 0) is 0 Å². The SMILES string of the molecule is Cl.Cl.NC[C@H]1C[C@H](c2ncn[nH]2)C[C@H]1O. The summed E-state index contributed by atoms with van der Waals surface area (Å²) < 4.78 is 0. The quantitative estimate of drug-likeness (QED) is 0.716. The van der Waals surface area contributed by atoms with Crippen molar-refractivity contribution in [2.24, 2.45) is 11.7 Å². The van der Waals surface area contributed by atoms with Gasteiger partial charge in [0.05, 0.1) is 6.10 Å². The zero-order valence-electron chi connectivity index (χ0n) is 8.17. The third-order valence-corrected chi connectivity index (χ3v) is 2.78. The first-order valence-electron chi connectivity index (χ1n) is 4.54. The summed E-state index contributed by atoms with van der Waals surface area (Å²) in [6, 6.07) is 0. The first kappa shape index (κ1) is 14.6. The summed E-state index contributed by atoms with van der Waals surface area (Å²) in [5.41, 5.74) is 5.53. The molecule has 1 aliphatic rings. The Morgan fingerprint density at radius 3 is 2.67 bits per heavy atom. The number of H-pyrrole nitrogens is 1.